The van der Waals surface area contributed by atoms with Gasteiger partial charge in [-0.05, 0) is 37.7 Å². The largest absolute Gasteiger partial charge is 0.370 e. The SMILES string of the molecule is CN1CCC(Nc2ccc(F)cc2)(C(N)=O)C1. The molecular formula is C12H16FN3O. The maximum atomic E-state index is 12.8. The lowest BCUT2D eigenvalue weighted by atomic mass is 9.97. The van der Waals surface area contributed by atoms with Gasteiger partial charge in [0.1, 0.15) is 11.4 Å². The van der Waals surface area contributed by atoms with E-state index < -0.39 is 5.54 Å². The lowest BCUT2D eigenvalue weighted by molar-refractivity contribution is -0.121. The van der Waals surface area contributed by atoms with Gasteiger partial charge in [-0.15, -0.1) is 0 Å². The number of primary amides is 1. The van der Waals surface area contributed by atoms with Gasteiger partial charge in [0.05, 0.1) is 0 Å². The van der Waals surface area contributed by atoms with E-state index in [2.05, 4.69) is 5.32 Å². The van der Waals surface area contributed by atoms with Crippen LogP contribution in [0.2, 0.25) is 0 Å². The van der Waals surface area contributed by atoms with Gasteiger partial charge in [0.2, 0.25) is 5.91 Å². The summed E-state index contributed by atoms with van der Waals surface area (Å²) in [6, 6.07) is 5.93. The molecule has 1 amide bonds. The summed E-state index contributed by atoms with van der Waals surface area (Å²) >= 11 is 0. The maximum absolute atomic E-state index is 12.8. The number of amides is 1. The molecule has 0 bridgehead atoms. The summed E-state index contributed by atoms with van der Waals surface area (Å²) in [6.07, 6.45) is 0.663. The molecule has 1 aromatic rings. The minimum Gasteiger partial charge on any atom is -0.370 e. The van der Waals surface area contributed by atoms with Crippen LogP contribution in [0.15, 0.2) is 24.3 Å². The van der Waals surface area contributed by atoms with Crippen molar-refractivity contribution in [3.8, 4) is 0 Å². The lowest BCUT2D eigenvalue weighted by Crippen LogP contribution is -2.52. The van der Waals surface area contributed by atoms with Crippen LogP contribution in [0.1, 0.15) is 6.42 Å². The molecule has 0 aromatic heterocycles. The normalized spacial score (nSPS) is 24.8. The lowest BCUT2D eigenvalue weighted by Gasteiger charge is -2.27. The predicted octanol–water partition coefficient (Wildman–Crippen LogP) is 0.797. The number of carbonyl (C=O) groups is 1. The number of hydrogen-bond acceptors (Lipinski definition) is 3. The summed E-state index contributed by atoms with van der Waals surface area (Å²) in [5.74, 6) is -0.668. The van der Waals surface area contributed by atoms with Gasteiger partial charge in [0, 0.05) is 18.8 Å². The Morgan fingerprint density at radius 3 is 2.59 bits per heavy atom. The zero-order valence-corrected chi connectivity index (χ0v) is 9.74. The van der Waals surface area contributed by atoms with Crippen LogP contribution in [-0.4, -0.2) is 36.5 Å². The smallest absolute Gasteiger partial charge is 0.244 e. The summed E-state index contributed by atoms with van der Waals surface area (Å²) in [4.78, 5) is 13.6. The first kappa shape index (κ1) is 11.9. The molecule has 92 valence electrons. The van der Waals surface area contributed by atoms with E-state index in [9.17, 15) is 9.18 Å². The zero-order valence-electron chi connectivity index (χ0n) is 9.74. The summed E-state index contributed by atoms with van der Waals surface area (Å²) in [6.45, 7) is 1.39. The maximum Gasteiger partial charge on any atom is 0.244 e. The molecule has 5 heteroatoms. The van der Waals surface area contributed by atoms with Gasteiger partial charge < -0.3 is 16.0 Å². The van der Waals surface area contributed by atoms with E-state index in [1.54, 1.807) is 12.1 Å². The average molecular weight is 237 g/mol. The summed E-state index contributed by atoms with van der Waals surface area (Å²) in [5, 5.41) is 3.13. The van der Waals surface area contributed by atoms with Crippen LogP contribution in [0.5, 0.6) is 0 Å². The van der Waals surface area contributed by atoms with E-state index in [1.165, 1.54) is 12.1 Å². The standard InChI is InChI=1S/C12H16FN3O/c1-16-7-6-12(8-16,11(14)17)15-10-4-2-9(13)3-5-10/h2-5,15H,6-8H2,1H3,(H2,14,17). The van der Waals surface area contributed by atoms with E-state index in [0.29, 0.717) is 18.7 Å². The summed E-state index contributed by atoms with van der Waals surface area (Å²) < 4.78 is 12.8. The third-order valence-corrected chi connectivity index (χ3v) is 3.16. The molecule has 1 atom stereocenters. The second kappa shape index (κ2) is 4.33. The van der Waals surface area contributed by atoms with Crippen molar-refractivity contribution in [2.24, 2.45) is 5.73 Å². The van der Waals surface area contributed by atoms with E-state index in [4.69, 9.17) is 5.73 Å². The topological polar surface area (TPSA) is 58.4 Å². The van der Waals surface area contributed by atoms with Crippen LogP contribution >= 0.6 is 0 Å². The van der Waals surface area contributed by atoms with E-state index >= 15 is 0 Å². The molecule has 0 aliphatic carbocycles. The molecule has 0 spiro atoms. The van der Waals surface area contributed by atoms with Gasteiger partial charge >= 0.3 is 0 Å². The van der Waals surface area contributed by atoms with Crippen LogP contribution in [0.3, 0.4) is 0 Å². The number of nitrogens with two attached hydrogens (primary N) is 1. The monoisotopic (exact) mass is 237 g/mol. The molecule has 17 heavy (non-hydrogen) atoms. The highest BCUT2D eigenvalue weighted by Gasteiger charge is 2.42. The zero-order chi connectivity index (χ0) is 12.5. The highest BCUT2D eigenvalue weighted by Crippen LogP contribution is 2.25. The van der Waals surface area contributed by atoms with Gasteiger partial charge in [0.25, 0.3) is 0 Å². The van der Waals surface area contributed by atoms with Crippen LogP contribution in [0.4, 0.5) is 10.1 Å². The Kier molecular flexibility index (Phi) is 3.02. The number of hydrogen-bond donors (Lipinski definition) is 2. The third-order valence-electron chi connectivity index (χ3n) is 3.16. The van der Waals surface area contributed by atoms with Crippen LogP contribution in [-0.2, 0) is 4.79 Å². The molecular weight excluding hydrogens is 221 g/mol. The van der Waals surface area contributed by atoms with Crippen molar-refractivity contribution in [2.45, 2.75) is 12.0 Å². The second-order valence-corrected chi connectivity index (χ2v) is 4.57. The molecule has 1 aliphatic rings. The second-order valence-electron chi connectivity index (χ2n) is 4.57. The third kappa shape index (κ3) is 2.39. The molecule has 1 fully saturated rings. The molecule has 0 radical (unpaired) electrons. The Morgan fingerprint density at radius 2 is 2.12 bits per heavy atom. The van der Waals surface area contributed by atoms with Crippen molar-refractivity contribution >= 4 is 11.6 Å². The van der Waals surface area contributed by atoms with Gasteiger partial charge in [0.15, 0.2) is 0 Å². The van der Waals surface area contributed by atoms with Crippen LogP contribution in [0, 0.1) is 5.82 Å². The van der Waals surface area contributed by atoms with Gasteiger partial charge in [-0.3, -0.25) is 4.79 Å². The van der Waals surface area contributed by atoms with Crippen molar-refractivity contribution in [1.29, 1.82) is 0 Å². The van der Waals surface area contributed by atoms with Crippen molar-refractivity contribution in [1.82, 2.24) is 4.90 Å². The molecule has 1 saturated heterocycles. The summed E-state index contributed by atoms with van der Waals surface area (Å²) in [5.41, 5.74) is 5.44. The number of nitrogens with one attached hydrogen (secondary N) is 1. The Bertz CT molecular complexity index is 420. The average Bonchev–Trinajstić information content (AvgIpc) is 2.65. The van der Waals surface area contributed by atoms with Crippen molar-refractivity contribution in [2.75, 3.05) is 25.5 Å². The fourth-order valence-electron chi connectivity index (χ4n) is 2.17. The number of benzene rings is 1. The van der Waals surface area contributed by atoms with E-state index in [1.807, 2.05) is 11.9 Å². The van der Waals surface area contributed by atoms with Gasteiger partial charge in [-0.1, -0.05) is 0 Å². The Morgan fingerprint density at radius 1 is 1.47 bits per heavy atom. The Hall–Kier alpha value is -1.62. The molecule has 0 saturated carbocycles. The Balaban J connectivity index is 2.19. The van der Waals surface area contributed by atoms with Crippen molar-refractivity contribution < 1.29 is 9.18 Å². The van der Waals surface area contributed by atoms with Crippen molar-refractivity contribution in [3.05, 3.63) is 30.1 Å². The molecule has 1 heterocycles. The van der Waals surface area contributed by atoms with E-state index in [0.717, 1.165) is 6.54 Å². The molecule has 1 unspecified atom stereocenters. The van der Waals surface area contributed by atoms with Gasteiger partial charge in [-0.25, -0.2) is 4.39 Å². The van der Waals surface area contributed by atoms with E-state index in [-0.39, 0.29) is 11.7 Å². The number of nitrogens with zero attached hydrogens (tertiary/aromatic N) is 1. The molecule has 1 aliphatic heterocycles. The number of halogens is 1. The first-order valence-electron chi connectivity index (χ1n) is 5.54. The fourth-order valence-corrected chi connectivity index (χ4v) is 2.17. The minimum atomic E-state index is -0.743. The molecule has 1 aromatic carbocycles. The number of likely N-dealkylation sites (N-methyl/N-ethyl adjacent to an activating group) is 1. The van der Waals surface area contributed by atoms with Crippen LogP contribution in [0.25, 0.3) is 0 Å². The van der Waals surface area contributed by atoms with Crippen LogP contribution < -0.4 is 11.1 Å². The molecule has 4 nitrogen and oxygen atoms in total. The Labute approximate surface area is 99.6 Å². The number of rotatable bonds is 3. The fraction of sp³-hybridized carbons (Fsp3) is 0.417. The van der Waals surface area contributed by atoms with Crippen molar-refractivity contribution in [3.63, 3.8) is 0 Å². The highest BCUT2D eigenvalue weighted by molar-refractivity contribution is 5.88. The first-order valence-corrected chi connectivity index (χ1v) is 5.54. The quantitative estimate of drug-likeness (QED) is 0.817. The molecule has 3 N–H and O–H groups in total. The predicted molar refractivity (Wildman–Crippen MR) is 64.1 cm³/mol. The number of likely N-dealkylation sites (tertiary alicyclic amines) is 1. The highest BCUT2D eigenvalue weighted by atomic mass is 19.1. The molecule has 2 rings (SSSR count). The summed E-state index contributed by atoms with van der Waals surface area (Å²) in [7, 11) is 1.94. The first-order chi connectivity index (χ1) is 8.02. The minimum absolute atomic E-state index is 0.299. The number of anilines is 1. The van der Waals surface area contributed by atoms with Gasteiger partial charge in [-0.2, -0.15) is 0 Å². The number of carbonyl (C=O) groups excluding carboxylic acids is 1.